The first kappa shape index (κ1) is 17.6. The molecule has 4 nitrogen and oxygen atoms in total. The summed E-state index contributed by atoms with van der Waals surface area (Å²) in [7, 11) is 0. The first-order valence-electron chi connectivity index (χ1n) is 3.95. The molecule has 0 aromatic rings. The lowest BCUT2D eigenvalue weighted by atomic mass is 10.1. The van der Waals surface area contributed by atoms with Crippen molar-refractivity contribution in [3.05, 3.63) is 0 Å². The van der Waals surface area contributed by atoms with E-state index in [2.05, 4.69) is 38.5 Å². The molecule has 8 heteroatoms. The van der Waals surface area contributed by atoms with Gasteiger partial charge in [-0.15, -0.1) is 0 Å². The van der Waals surface area contributed by atoms with Crippen LogP contribution in [0.1, 0.15) is 20.8 Å². The number of carbonyl (C=O) groups is 2. The lowest BCUT2D eigenvalue weighted by Gasteiger charge is -2.04. The van der Waals surface area contributed by atoms with E-state index in [0.29, 0.717) is 6.61 Å². The summed E-state index contributed by atoms with van der Waals surface area (Å²) in [6.45, 7) is 4.96. The highest BCUT2D eigenvalue weighted by Crippen LogP contribution is 2.61. The lowest BCUT2D eigenvalue weighted by Crippen LogP contribution is -2.20. The Kier molecular flexibility index (Phi) is 9.87. The average molecular weight is 298 g/mol. The molecule has 0 aromatic carbocycles. The Morgan fingerprint density at radius 1 is 1.33 bits per heavy atom. The molecule has 0 heterocycles. The van der Waals surface area contributed by atoms with Crippen LogP contribution in [0.4, 0.5) is 0 Å². The minimum Gasteiger partial charge on any atom is -0.465 e. The molecule has 0 saturated heterocycles. The van der Waals surface area contributed by atoms with Crippen molar-refractivity contribution in [2.24, 2.45) is 5.92 Å². The van der Waals surface area contributed by atoms with Gasteiger partial charge in [0, 0.05) is 0 Å². The average Bonchev–Trinajstić information content (AvgIpc) is 2.00. The highest BCUT2D eigenvalue weighted by Gasteiger charge is 2.17. The van der Waals surface area contributed by atoms with Crippen LogP contribution in [-0.4, -0.2) is 18.4 Å². The summed E-state index contributed by atoms with van der Waals surface area (Å²) in [5, 5.41) is -3.22. The van der Waals surface area contributed by atoms with Gasteiger partial charge in [-0.25, -0.2) is 0 Å². The number of Topliss-reactive ketones (excluding diaryl/α,β-unsaturated/α-hetero) is 1. The molecule has 0 spiro atoms. The second-order valence-electron chi connectivity index (χ2n) is 2.48. The maximum Gasteiger partial charge on any atom is 0.339 e. The summed E-state index contributed by atoms with van der Waals surface area (Å²) in [5.41, 5.74) is 0. The van der Waals surface area contributed by atoms with Gasteiger partial charge in [-0.1, -0.05) is 0 Å². The van der Waals surface area contributed by atoms with E-state index in [1.165, 1.54) is 6.92 Å². The molecule has 0 rings (SSSR count). The quantitative estimate of drug-likeness (QED) is 0.454. The molecule has 0 aromatic heterocycles. The van der Waals surface area contributed by atoms with Crippen LogP contribution in [0.3, 0.4) is 0 Å². The zero-order valence-corrected chi connectivity index (χ0v) is 11.7. The minimum atomic E-state index is -3.22. The number of esters is 1. The Bertz CT molecular complexity index is 255. The minimum absolute atomic E-state index is 0.154. The van der Waals surface area contributed by atoms with Crippen LogP contribution in [0.5, 0.6) is 0 Å². The van der Waals surface area contributed by atoms with E-state index in [1.54, 1.807) is 13.8 Å². The Balaban J connectivity index is 0. The molecule has 0 N–H and O–H groups in total. The van der Waals surface area contributed by atoms with Crippen LogP contribution >= 0.6 is 38.9 Å². The molecule has 1 unspecified atom stereocenters. The van der Waals surface area contributed by atoms with E-state index in [0.717, 1.165) is 0 Å². The van der Waals surface area contributed by atoms with Gasteiger partial charge in [-0.2, -0.15) is 0 Å². The number of hydrogen-bond acceptors (Lipinski definition) is 4. The van der Waals surface area contributed by atoms with Gasteiger partial charge in [0.1, 0.15) is 11.7 Å². The van der Waals surface area contributed by atoms with Crippen LogP contribution in [0, 0.1) is 5.92 Å². The van der Waals surface area contributed by atoms with Crippen molar-refractivity contribution in [3.8, 4) is 0 Å². The Morgan fingerprint density at radius 2 is 1.67 bits per heavy atom. The molecular formula is C7H12Cl3O4P. The highest BCUT2D eigenvalue weighted by atomic mass is 36.0. The second kappa shape index (κ2) is 8.40. The smallest absolute Gasteiger partial charge is 0.339 e. The van der Waals surface area contributed by atoms with Crippen LogP contribution in [-0.2, 0) is 18.9 Å². The molecule has 1 atom stereocenters. The summed E-state index contributed by atoms with van der Waals surface area (Å²) >= 11 is 13.8. The first-order chi connectivity index (χ1) is 6.59. The second-order valence-corrected chi connectivity index (χ2v) is 9.12. The number of halogens is 3. The van der Waals surface area contributed by atoms with E-state index in [-0.39, 0.29) is 5.78 Å². The standard InChI is InChI=1S/C7H12O3.Cl3OP/c1-4-10-7(9)5(2)6(3)8;1-5(2,3)4/h5H,4H2,1-3H3;. The van der Waals surface area contributed by atoms with Crippen LogP contribution in [0.2, 0.25) is 0 Å². The lowest BCUT2D eigenvalue weighted by molar-refractivity contribution is -0.150. The number of ketones is 1. The molecule has 0 radical (unpaired) electrons. The molecular weight excluding hydrogens is 285 g/mol. The summed E-state index contributed by atoms with van der Waals surface area (Å²) in [6.07, 6.45) is 0. The summed E-state index contributed by atoms with van der Waals surface area (Å²) < 4.78 is 14.1. The van der Waals surface area contributed by atoms with E-state index < -0.39 is 17.1 Å². The molecule has 0 bridgehead atoms. The molecule has 0 aliphatic rings. The molecule has 0 aliphatic heterocycles. The fourth-order valence-electron chi connectivity index (χ4n) is 0.433. The van der Waals surface area contributed by atoms with E-state index in [1.807, 2.05) is 0 Å². The maximum absolute atomic E-state index is 10.7. The van der Waals surface area contributed by atoms with Gasteiger partial charge in [0.25, 0.3) is 0 Å². The first-order valence-corrected chi connectivity index (χ1v) is 8.37. The third-order valence-electron chi connectivity index (χ3n) is 1.25. The monoisotopic (exact) mass is 296 g/mol. The van der Waals surface area contributed by atoms with Crippen molar-refractivity contribution in [2.45, 2.75) is 20.8 Å². The van der Waals surface area contributed by atoms with Gasteiger partial charge in [0.15, 0.2) is 0 Å². The predicted molar refractivity (Wildman–Crippen MR) is 61.6 cm³/mol. The van der Waals surface area contributed by atoms with Crippen molar-refractivity contribution in [1.29, 1.82) is 0 Å². The summed E-state index contributed by atoms with van der Waals surface area (Å²) in [4.78, 5) is 21.3. The SMILES string of the molecule is CCOC(=O)C(C)C(C)=O.O=P(Cl)(Cl)Cl. The number of carbonyl (C=O) groups excluding carboxylic acids is 2. The van der Waals surface area contributed by atoms with Crippen LogP contribution in [0.15, 0.2) is 0 Å². The van der Waals surface area contributed by atoms with Gasteiger partial charge in [0.05, 0.1) is 6.61 Å². The Hall–Kier alpha value is 0.240. The summed E-state index contributed by atoms with van der Waals surface area (Å²) in [5.74, 6) is -1.20. The van der Waals surface area contributed by atoms with E-state index in [9.17, 15) is 14.2 Å². The van der Waals surface area contributed by atoms with Gasteiger partial charge >= 0.3 is 11.2 Å². The Morgan fingerprint density at radius 3 is 1.87 bits per heavy atom. The zero-order chi connectivity index (χ0) is 12.6. The van der Waals surface area contributed by atoms with Crippen LogP contribution < -0.4 is 0 Å². The van der Waals surface area contributed by atoms with Crippen molar-refractivity contribution in [3.63, 3.8) is 0 Å². The molecule has 15 heavy (non-hydrogen) atoms. The van der Waals surface area contributed by atoms with Gasteiger partial charge in [-0.3, -0.25) is 14.2 Å². The van der Waals surface area contributed by atoms with Crippen LogP contribution in [0.25, 0.3) is 0 Å². The van der Waals surface area contributed by atoms with Crippen molar-refractivity contribution >= 4 is 50.7 Å². The summed E-state index contributed by atoms with van der Waals surface area (Å²) in [6, 6.07) is 0. The number of rotatable bonds is 3. The predicted octanol–water partition coefficient (Wildman–Crippen LogP) is 3.59. The van der Waals surface area contributed by atoms with Gasteiger partial charge < -0.3 is 4.74 Å². The topological polar surface area (TPSA) is 60.4 Å². The zero-order valence-electron chi connectivity index (χ0n) is 8.50. The Labute approximate surface area is 103 Å². The largest absolute Gasteiger partial charge is 0.465 e. The van der Waals surface area contributed by atoms with Crippen molar-refractivity contribution in [2.75, 3.05) is 6.61 Å². The van der Waals surface area contributed by atoms with E-state index in [4.69, 9.17) is 0 Å². The van der Waals surface area contributed by atoms with Crippen molar-refractivity contribution < 1.29 is 18.9 Å². The van der Waals surface area contributed by atoms with E-state index >= 15 is 0 Å². The maximum atomic E-state index is 10.7. The van der Waals surface area contributed by atoms with Crippen molar-refractivity contribution in [1.82, 2.24) is 0 Å². The van der Waals surface area contributed by atoms with Gasteiger partial charge in [-0.05, 0) is 54.5 Å². The fraction of sp³-hybridized carbons (Fsp3) is 0.714. The number of hydrogen-bond donors (Lipinski definition) is 0. The molecule has 90 valence electrons. The fourth-order valence-corrected chi connectivity index (χ4v) is 0.433. The third-order valence-corrected chi connectivity index (χ3v) is 1.25. The normalized spacial score (nSPS) is 12.1. The molecule has 0 fully saturated rings. The number of ether oxygens (including phenoxy) is 1. The molecule has 0 amide bonds. The molecule has 0 saturated carbocycles. The molecule has 0 aliphatic carbocycles. The van der Waals surface area contributed by atoms with Gasteiger partial charge in [0.2, 0.25) is 0 Å². The third kappa shape index (κ3) is 16.9. The highest BCUT2D eigenvalue weighted by molar-refractivity contribution is 8.24.